The molecule has 19 heavy (non-hydrogen) atoms. The molecule has 98 valence electrons. The van der Waals surface area contributed by atoms with Crippen molar-refractivity contribution < 1.29 is 18.3 Å². The van der Waals surface area contributed by atoms with Gasteiger partial charge in [0.25, 0.3) is 0 Å². The first kappa shape index (κ1) is 13.4. The minimum Gasteiger partial charge on any atom is -0.484 e. The van der Waals surface area contributed by atoms with E-state index < -0.39 is 17.4 Å². The third-order valence-corrected chi connectivity index (χ3v) is 2.49. The summed E-state index contributed by atoms with van der Waals surface area (Å²) in [5.41, 5.74) is -0.226. The van der Waals surface area contributed by atoms with Crippen molar-refractivity contribution in [3.05, 3.63) is 58.9 Å². The number of nitrogens with zero attached hydrogens (tertiary/aromatic N) is 1. The van der Waals surface area contributed by atoms with E-state index in [-0.39, 0.29) is 12.2 Å². The fourth-order valence-corrected chi connectivity index (χ4v) is 1.58. The minimum absolute atomic E-state index is 0.226. The number of halogens is 3. The van der Waals surface area contributed by atoms with E-state index in [0.29, 0.717) is 16.8 Å². The van der Waals surface area contributed by atoms with Crippen molar-refractivity contribution in [1.29, 1.82) is 0 Å². The topological polar surface area (TPSA) is 39.2 Å². The van der Waals surface area contributed by atoms with E-state index in [1.807, 2.05) is 0 Å². The highest BCUT2D eigenvalue weighted by atomic mass is 35.5. The number of hydrogen-bond donors (Lipinski definition) is 0. The van der Waals surface area contributed by atoms with E-state index in [4.69, 9.17) is 16.3 Å². The molecule has 0 N–H and O–H groups in total. The van der Waals surface area contributed by atoms with Crippen LogP contribution in [0.2, 0.25) is 5.02 Å². The first-order chi connectivity index (χ1) is 9.06. The average Bonchev–Trinajstić information content (AvgIpc) is 2.36. The zero-order chi connectivity index (χ0) is 13.8. The summed E-state index contributed by atoms with van der Waals surface area (Å²) in [7, 11) is 0. The van der Waals surface area contributed by atoms with Gasteiger partial charge < -0.3 is 4.74 Å². The van der Waals surface area contributed by atoms with Crippen LogP contribution in [0, 0.1) is 11.6 Å². The van der Waals surface area contributed by atoms with E-state index in [0.717, 1.165) is 12.1 Å². The van der Waals surface area contributed by atoms with Crippen LogP contribution in [0.4, 0.5) is 8.78 Å². The number of rotatable bonds is 4. The molecule has 1 aromatic carbocycles. The lowest BCUT2D eigenvalue weighted by atomic mass is 10.1. The van der Waals surface area contributed by atoms with Crippen molar-refractivity contribution >= 4 is 17.4 Å². The van der Waals surface area contributed by atoms with Crippen molar-refractivity contribution in [1.82, 2.24) is 4.98 Å². The Morgan fingerprint density at radius 2 is 2.05 bits per heavy atom. The number of carbonyl (C=O) groups excluding carboxylic acids is 1. The largest absolute Gasteiger partial charge is 0.484 e. The van der Waals surface area contributed by atoms with Crippen LogP contribution in [-0.2, 0) is 0 Å². The first-order valence-corrected chi connectivity index (χ1v) is 5.65. The molecule has 0 aliphatic carbocycles. The molecule has 0 saturated carbocycles. The smallest absolute Gasteiger partial charge is 0.203 e. The zero-order valence-electron chi connectivity index (χ0n) is 9.57. The van der Waals surface area contributed by atoms with Crippen LogP contribution >= 0.6 is 11.6 Å². The lowest BCUT2D eigenvalue weighted by molar-refractivity contribution is 0.0917. The summed E-state index contributed by atoms with van der Waals surface area (Å²) in [6.45, 7) is -0.384. The Balaban J connectivity index is 2.05. The van der Waals surface area contributed by atoms with Crippen LogP contribution in [0.1, 0.15) is 10.4 Å². The summed E-state index contributed by atoms with van der Waals surface area (Å²) in [4.78, 5) is 15.5. The van der Waals surface area contributed by atoms with Crippen LogP contribution < -0.4 is 4.74 Å². The predicted octanol–water partition coefficient (Wildman–Crippen LogP) is 3.27. The van der Waals surface area contributed by atoms with Crippen LogP contribution in [0.5, 0.6) is 5.75 Å². The van der Waals surface area contributed by atoms with Gasteiger partial charge in [-0.2, -0.15) is 0 Å². The number of hydrogen-bond acceptors (Lipinski definition) is 3. The van der Waals surface area contributed by atoms with Crippen molar-refractivity contribution in [2.24, 2.45) is 0 Å². The highest BCUT2D eigenvalue weighted by Gasteiger charge is 2.13. The van der Waals surface area contributed by atoms with Crippen LogP contribution in [0.3, 0.4) is 0 Å². The molecule has 2 aromatic rings. The van der Waals surface area contributed by atoms with Gasteiger partial charge >= 0.3 is 0 Å². The zero-order valence-corrected chi connectivity index (χ0v) is 10.3. The van der Waals surface area contributed by atoms with Gasteiger partial charge in [0.05, 0.1) is 16.8 Å². The van der Waals surface area contributed by atoms with Gasteiger partial charge in [-0.05, 0) is 12.1 Å². The summed E-state index contributed by atoms with van der Waals surface area (Å²) in [5.74, 6) is -1.97. The number of benzene rings is 1. The molecular formula is C13H8ClF2NO2. The molecule has 0 radical (unpaired) electrons. The Bertz CT molecular complexity index is 619. The van der Waals surface area contributed by atoms with E-state index >= 15 is 0 Å². The van der Waals surface area contributed by atoms with Gasteiger partial charge in [0.1, 0.15) is 17.4 Å². The summed E-state index contributed by atoms with van der Waals surface area (Å²) in [6.07, 6.45) is 2.79. The highest BCUT2D eigenvalue weighted by molar-refractivity contribution is 6.30. The highest BCUT2D eigenvalue weighted by Crippen LogP contribution is 2.16. The summed E-state index contributed by atoms with van der Waals surface area (Å²) in [5, 5.41) is 0.359. The molecule has 2 rings (SSSR count). The molecule has 3 nitrogen and oxygen atoms in total. The Morgan fingerprint density at radius 3 is 2.74 bits per heavy atom. The molecule has 0 bridgehead atoms. The number of Topliss-reactive ketones (excluding diaryl/α,β-unsaturated/α-hetero) is 1. The maximum absolute atomic E-state index is 13.3. The Labute approximate surface area is 112 Å². The second-order valence-electron chi connectivity index (χ2n) is 3.67. The van der Waals surface area contributed by atoms with Gasteiger partial charge in [-0.15, -0.1) is 0 Å². The van der Waals surface area contributed by atoms with Crippen molar-refractivity contribution in [3.63, 3.8) is 0 Å². The number of carbonyl (C=O) groups is 1. The summed E-state index contributed by atoms with van der Waals surface area (Å²) in [6, 6.07) is 4.21. The van der Waals surface area contributed by atoms with E-state index in [9.17, 15) is 13.6 Å². The molecule has 0 aliphatic heterocycles. The van der Waals surface area contributed by atoms with Gasteiger partial charge in [-0.1, -0.05) is 11.6 Å². The predicted molar refractivity (Wildman–Crippen MR) is 65.4 cm³/mol. The van der Waals surface area contributed by atoms with E-state index in [1.54, 1.807) is 0 Å². The summed E-state index contributed by atoms with van der Waals surface area (Å²) < 4.78 is 31.2. The fourth-order valence-electron chi connectivity index (χ4n) is 1.41. The van der Waals surface area contributed by atoms with Crippen molar-refractivity contribution in [2.75, 3.05) is 6.61 Å². The standard InChI is InChI=1S/C13H8ClF2NO2/c14-8-3-10(6-17-5-8)19-7-13(18)11-2-1-9(15)4-12(11)16/h1-6H,7H2. The lowest BCUT2D eigenvalue weighted by Crippen LogP contribution is -2.13. The van der Waals surface area contributed by atoms with Crippen molar-refractivity contribution in [2.45, 2.75) is 0 Å². The van der Waals surface area contributed by atoms with E-state index in [2.05, 4.69) is 4.98 Å². The maximum Gasteiger partial charge on any atom is 0.203 e. The maximum atomic E-state index is 13.3. The summed E-state index contributed by atoms with van der Waals surface area (Å²) >= 11 is 5.69. The van der Waals surface area contributed by atoms with Gasteiger partial charge in [0.15, 0.2) is 6.61 Å². The molecule has 0 unspecified atom stereocenters. The minimum atomic E-state index is -0.919. The van der Waals surface area contributed by atoms with Gasteiger partial charge in [-0.25, -0.2) is 8.78 Å². The number of pyridine rings is 1. The Morgan fingerprint density at radius 1 is 1.26 bits per heavy atom. The molecular weight excluding hydrogens is 276 g/mol. The molecule has 0 fully saturated rings. The SMILES string of the molecule is O=C(COc1cncc(Cl)c1)c1ccc(F)cc1F. The third kappa shape index (κ3) is 3.48. The van der Waals surface area contributed by atoms with Gasteiger partial charge in [0.2, 0.25) is 5.78 Å². The molecule has 0 spiro atoms. The molecule has 6 heteroatoms. The molecule has 1 aromatic heterocycles. The van der Waals surface area contributed by atoms with Crippen LogP contribution in [0.25, 0.3) is 0 Å². The third-order valence-electron chi connectivity index (χ3n) is 2.28. The van der Waals surface area contributed by atoms with Gasteiger partial charge in [0, 0.05) is 18.3 Å². The first-order valence-electron chi connectivity index (χ1n) is 5.28. The Hall–Kier alpha value is -2.01. The molecule has 0 aliphatic rings. The number of aromatic nitrogens is 1. The molecule has 0 amide bonds. The van der Waals surface area contributed by atoms with E-state index in [1.165, 1.54) is 18.5 Å². The van der Waals surface area contributed by atoms with Gasteiger partial charge in [-0.3, -0.25) is 9.78 Å². The molecule has 0 atom stereocenters. The lowest BCUT2D eigenvalue weighted by Gasteiger charge is -2.06. The normalized spacial score (nSPS) is 10.3. The average molecular weight is 284 g/mol. The number of ketones is 1. The van der Waals surface area contributed by atoms with Crippen LogP contribution in [-0.4, -0.2) is 17.4 Å². The molecule has 0 saturated heterocycles. The van der Waals surface area contributed by atoms with Crippen LogP contribution in [0.15, 0.2) is 36.7 Å². The molecule has 1 heterocycles. The fraction of sp³-hybridized carbons (Fsp3) is 0.0769. The second-order valence-corrected chi connectivity index (χ2v) is 4.11. The second kappa shape index (κ2) is 5.75. The van der Waals surface area contributed by atoms with Crippen molar-refractivity contribution in [3.8, 4) is 5.75 Å². The monoisotopic (exact) mass is 283 g/mol. The quantitative estimate of drug-likeness (QED) is 0.809. The number of ether oxygens (including phenoxy) is 1. The Kier molecular flexibility index (Phi) is 4.06.